The van der Waals surface area contributed by atoms with E-state index in [2.05, 4.69) is 5.32 Å². The van der Waals surface area contributed by atoms with Crippen molar-refractivity contribution in [2.75, 3.05) is 6.54 Å². The van der Waals surface area contributed by atoms with Gasteiger partial charge in [0.15, 0.2) is 0 Å². The van der Waals surface area contributed by atoms with Gasteiger partial charge >= 0.3 is 0 Å². The molecule has 18 heavy (non-hydrogen) atoms. The van der Waals surface area contributed by atoms with Gasteiger partial charge in [-0.2, -0.15) is 0 Å². The zero-order valence-electron chi connectivity index (χ0n) is 10.5. The number of thiophene rings is 1. The lowest BCUT2D eigenvalue weighted by atomic mass is 10.1. The number of rotatable bonds is 6. The average molecular weight is 270 g/mol. The predicted molar refractivity (Wildman–Crippen MR) is 70.6 cm³/mol. The Morgan fingerprint density at radius 3 is 2.67 bits per heavy atom. The first-order valence-corrected chi connectivity index (χ1v) is 6.62. The third-order valence-electron chi connectivity index (χ3n) is 2.35. The number of primary amides is 1. The smallest absolute Gasteiger partial charge is 0.261 e. The molecule has 5 nitrogen and oxygen atoms in total. The van der Waals surface area contributed by atoms with E-state index in [0.29, 0.717) is 22.8 Å². The molecule has 0 bridgehead atoms. The Kier molecular flexibility index (Phi) is 5.30. The van der Waals surface area contributed by atoms with E-state index in [0.717, 1.165) is 11.3 Å². The molecule has 0 aliphatic rings. The topological polar surface area (TPSA) is 92.4 Å². The highest BCUT2D eigenvalue weighted by Gasteiger charge is 2.13. The van der Waals surface area contributed by atoms with E-state index >= 15 is 0 Å². The van der Waals surface area contributed by atoms with Crippen molar-refractivity contribution in [1.29, 1.82) is 0 Å². The molecule has 0 aliphatic carbocycles. The molecule has 0 saturated carbocycles. The van der Waals surface area contributed by atoms with Crippen LogP contribution in [-0.2, 0) is 0 Å². The van der Waals surface area contributed by atoms with Crippen LogP contribution in [0.4, 0.5) is 0 Å². The Morgan fingerprint density at radius 1 is 1.50 bits per heavy atom. The Morgan fingerprint density at radius 2 is 2.17 bits per heavy atom. The largest absolute Gasteiger partial charge is 0.391 e. The van der Waals surface area contributed by atoms with Crippen molar-refractivity contribution < 1.29 is 14.7 Å². The van der Waals surface area contributed by atoms with Crippen molar-refractivity contribution in [3.8, 4) is 0 Å². The summed E-state index contributed by atoms with van der Waals surface area (Å²) >= 11 is 1.16. The van der Waals surface area contributed by atoms with Gasteiger partial charge in [0, 0.05) is 11.9 Å². The number of nitrogens with one attached hydrogen (secondary N) is 1. The Labute approximate surface area is 110 Å². The number of nitrogens with two attached hydrogens (primary N) is 1. The Bertz CT molecular complexity index is 429. The number of carbonyl (C=O) groups excluding carboxylic acids is 2. The van der Waals surface area contributed by atoms with Gasteiger partial charge in [-0.1, -0.05) is 13.8 Å². The summed E-state index contributed by atoms with van der Waals surface area (Å²) in [6.45, 7) is 4.22. The summed E-state index contributed by atoms with van der Waals surface area (Å²) in [6.07, 6.45) is 0.0848. The van der Waals surface area contributed by atoms with Crippen molar-refractivity contribution in [1.82, 2.24) is 5.32 Å². The summed E-state index contributed by atoms with van der Waals surface area (Å²) in [6, 6.07) is 1.46. The second-order valence-electron chi connectivity index (χ2n) is 4.56. The van der Waals surface area contributed by atoms with Gasteiger partial charge in [-0.25, -0.2) is 0 Å². The van der Waals surface area contributed by atoms with Crippen molar-refractivity contribution in [3.05, 3.63) is 21.9 Å². The fraction of sp³-hybridized carbons (Fsp3) is 0.500. The van der Waals surface area contributed by atoms with Gasteiger partial charge in [0.05, 0.1) is 16.5 Å². The molecule has 0 aliphatic heterocycles. The van der Waals surface area contributed by atoms with Gasteiger partial charge in [0.1, 0.15) is 0 Å². The minimum Gasteiger partial charge on any atom is -0.391 e. The van der Waals surface area contributed by atoms with Crippen molar-refractivity contribution in [2.24, 2.45) is 11.7 Å². The number of hydrogen-bond donors (Lipinski definition) is 3. The van der Waals surface area contributed by atoms with Crippen LogP contribution in [0, 0.1) is 5.92 Å². The van der Waals surface area contributed by atoms with Gasteiger partial charge in [0.2, 0.25) is 5.91 Å². The molecule has 0 aromatic carbocycles. The fourth-order valence-corrected chi connectivity index (χ4v) is 2.32. The molecule has 1 heterocycles. The molecule has 6 heteroatoms. The van der Waals surface area contributed by atoms with Crippen LogP contribution >= 0.6 is 11.3 Å². The molecule has 0 spiro atoms. The zero-order valence-corrected chi connectivity index (χ0v) is 11.3. The number of aliphatic hydroxyl groups excluding tert-OH is 1. The van der Waals surface area contributed by atoms with Crippen LogP contribution in [0.3, 0.4) is 0 Å². The lowest BCUT2D eigenvalue weighted by molar-refractivity contribution is 0.0904. The van der Waals surface area contributed by atoms with Crippen LogP contribution in [0.1, 0.15) is 40.3 Å². The molecule has 100 valence electrons. The lowest BCUT2D eigenvalue weighted by Crippen LogP contribution is -2.32. The van der Waals surface area contributed by atoms with Crippen molar-refractivity contribution in [3.63, 3.8) is 0 Å². The van der Waals surface area contributed by atoms with E-state index < -0.39 is 12.0 Å². The first-order chi connectivity index (χ1) is 8.40. The minimum absolute atomic E-state index is 0.209. The number of carbonyl (C=O) groups is 2. The molecule has 1 unspecified atom stereocenters. The predicted octanol–water partition coefficient (Wildman–Crippen LogP) is 0.984. The van der Waals surface area contributed by atoms with Gasteiger partial charge < -0.3 is 16.2 Å². The summed E-state index contributed by atoms with van der Waals surface area (Å²) in [4.78, 5) is 23.0. The molecule has 0 saturated heterocycles. The van der Waals surface area contributed by atoms with Crippen LogP contribution in [0.15, 0.2) is 11.4 Å². The van der Waals surface area contributed by atoms with Gasteiger partial charge in [-0.05, 0) is 18.4 Å². The third-order valence-corrected chi connectivity index (χ3v) is 3.28. The van der Waals surface area contributed by atoms with Crippen LogP contribution in [0.25, 0.3) is 0 Å². The summed E-state index contributed by atoms with van der Waals surface area (Å²) in [5.74, 6) is -0.472. The fourth-order valence-electron chi connectivity index (χ4n) is 1.51. The summed E-state index contributed by atoms with van der Waals surface area (Å²) in [5.41, 5.74) is 5.43. The monoisotopic (exact) mass is 270 g/mol. The molecule has 0 fully saturated rings. The highest BCUT2D eigenvalue weighted by Crippen LogP contribution is 2.14. The average Bonchev–Trinajstić information content (AvgIpc) is 2.74. The molecule has 1 rings (SSSR count). The number of hydrogen-bond acceptors (Lipinski definition) is 4. The van der Waals surface area contributed by atoms with E-state index in [1.807, 2.05) is 13.8 Å². The van der Waals surface area contributed by atoms with Crippen LogP contribution in [-0.4, -0.2) is 29.6 Å². The first-order valence-electron chi connectivity index (χ1n) is 5.74. The van der Waals surface area contributed by atoms with E-state index in [4.69, 9.17) is 5.73 Å². The molecule has 0 radical (unpaired) electrons. The number of amides is 2. The van der Waals surface area contributed by atoms with Gasteiger partial charge in [0.25, 0.3) is 5.91 Å². The first kappa shape index (κ1) is 14.7. The molecular weight excluding hydrogens is 252 g/mol. The quantitative estimate of drug-likeness (QED) is 0.719. The molecule has 4 N–H and O–H groups in total. The van der Waals surface area contributed by atoms with Crippen LogP contribution in [0.2, 0.25) is 0 Å². The zero-order chi connectivity index (χ0) is 13.7. The normalized spacial score (nSPS) is 12.4. The van der Waals surface area contributed by atoms with Crippen molar-refractivity contribution in [2.45, 2.75) is 26.4 Å². The second kappa shape index (κ2) is 6.51. The maximum absolute atomic E-state index is 11.7. The molecule has 2 amide bonds. The molecular formula is C12H18N2O3S. The second-order valence-corrected chi connectivity index (χ2v) is 5.47. The maximum atomic E-state index is 11.7. The number of aliphatic hydroxyl groups is 1. The van der Waals surface area contributed by atoms with E-state index in [1.165, 1.54) is 6.07 Å². The van der Waals surface area contributed by atoms with Crippen molar-refractivity contribution >= 4 is 23.2 Å². The van der Waals surface area contributed by atoms with E-state index in [-0.39, 0.29) is 12.5 Å². The Balaban J connectivity index is 2.47. The maximum Gasteiger partial charge on any atom is 0.261 e. The van der Waals surface area contributed by atoms with E-state index in [9.17, 15) is 14.7 Å². The highest BCUT2D eigenvalue weighted by molar-refractivity contribution is 7.12. The third kappa shape index (κ3) is 4.46. The molecule has 1 aromatic rings. The summed E-state index contributed by atoms with van der Waals surface area (Å²) in [5, 5.41) is 13.8. The van der Waals surface area contributed by atoms with Gasteiger partial charge in [-0.15, -0.1) is 11.3 Å². The molecule has 1 aromatic heterocycles. The standard InChI is InChI=1S/C12H18N2O3S/c1-7(2)3-9(15)5-14-12(17)10-4-8(6-18-10)11(13)16/h4,6-7,9,15H,3,5H2,1-2H3,(H2,13,16)(H,14,17). The lowest BCUT2D eigenvalue weighted by Gasteiger charge is -2.13. The summed E-state index contributed by atoms with van der Waals surface area (Å²) in [7, 11) is 0. The SMILES string of the molecule is CC(C)CC(O)CNC(=O)c1cc(C(N)=O)cs1. The van der Waals surface area contributed by atoms with Crippen LogP contribution in [0.5, 0.6) is 0 Å². The Hall–Kier alpha value is -1.40. The minimum atomic E-state index is -0.551. The summed E-state index contributed by atoms with van der Waals surface area (Å²) < 4.78 is 0. The van der Waals surface area contributed by atoms with E-state index in [1.54, 1.807) is 5.38 Å². The molecule has 1 atom stereocenters. The van der Waals surface area contributed by atoms with Gasteiger partial charge in [-0.3, -0.25) is 9.59 Å². The highest BCUT2D eigenvalue weighted by atomic mass is 32.1. The van der Waals surface area contributed by atoms with Crippen LogP contribution < -0.4 is 11.1 Å².